The van der Waals surface area contributed by atoms with Crippen LogP contribution in [0.2, 0.25) is 5.02 Å². The van der Waals surface area contributed by atoms with Gasteiger partial charge < -0.3 is 0 Å². The van der Waals surface area contributed by atoms with Gasteiger partial charge in [-0.3, -0.25) is 4.57 Å². The van der Waals surface area contributed by atoms with E-state index in [0.717, 1.165) is 22.9 Å². The van der Waals surface area contributed by atoms with Crippen LogP contribution in [0, 0.1) is 0 Å². The summed E-state index contributed by atoms with van der Waals surface area (Å²) in [5.41, 5.74) is 2.81. The van der Waals surface area contributed by atoms with Crippen molar-refractivity contribution in [3.05, 3.63) is 94.5 Å². The van der Waals surface area contributed by atoms with E-state index in [0.29, 0.717) is 27.3 Å². The summed E-state index contributed by atoms with van der Waals surface area (Å²) >= 11 is 7.41. The van der Waals surface area contributed by atoms with Gasteiger partial charge in [-0.15, -0.1) is 10.2 Å². The van der Waals surface area contributed by atoms with Crippen molar-refractivity contribution in [3.8, 4) is 17.1 Å². The van der Waals surface area contributed by atoms with Gasteiger partial charge in [0.15, 0.2) is 11.0 Å². The normalized spacial score (nSPS) is 11.8. The Kier molecular flexibility index (Phi) is 6.81. The molecular weight excluding hydrogens is 467 g/mol. The van der Waals surface area contributed by atoms with E-state index in [4.69, 9.17) is 11.6 Å². The van der Waals surface area contributed by atoms with Gasteiger partial charge in [0.2, 0.25) is 0 Å². The second-order valence-electron chi connectivity index (χ2n) is 7.85. The molecule has 0 aliphatic rings. The van der Waals surface area contributed by atoms with Crippen LogP contribution in [0.25, 0.3) is 17.1 Å². The average molecular weight is 488 g/mol. The molecule has 170 valence electrons. The molecule has 1 aromatic heterocycles. The van der Waals surface area contributed by atoms with Crippen molar-refractivity contribution in [2.24, 2.45) is 0 Å². The zero-order valence-electron chi connectivity index (χ0n) is 18.0. The lowest BCUT2D eigenvalue weighted by Crippen LogP contribution is -2.06. The molecule has 4 rings (SSSR count). The topological polar surface area (TPSA) is 30.7 Å². The minimum atomic E-state index is -4.38. The highest BCUT2D eigenvalue weighted by atomic mass is 35.5. The van der Waals surface area contributed by atoms with Gasteiger partial charge in [-0.25, -0.2) is 0 Å². The minimum absolute atomic E-state index is 0.253. The summed E-state index contributed by atoms with van der Waals surface area (Å²) in [7, 11) is 0. The number of aromatic nitrogens is 3. The van der Waals surface area contributed by atoms with E-state index in [-0.39, 0.29) is 5.92 Å². The number of benzene rings is 3. The minimum Gasteiger partial charge on any atom is -0.270 e. The van der Waals surface area contributed by atoms with Gasteiger partial charge in [-0.05, 0) is 53.4 Å². The molecule has 0 saturated carbocycles. The Bertz CT molecular complexity index is 1250. The monoisotopic (exact) mass is 487 g/mol. The van der Waals surface area contributed by atoms with Crippen molar-refractivity contribution in [2.45, 2.75) is 36.9 Å². The van der Waals surface area contributed by atoms with Crippen LogP contribution in [-0.2, 0) is 11.9 Å². The number of hydrogen-bond donors (Lipinski definition) is 0. The Balaban J connectivity index is 1.76. The van der Waals surface area contributed by atoms with Gasteiger partial charge >= 0.3 is 6.18 Å². The maximum Gasteiger partial charge on any atom is 0.416 e. The molecule has 0 saturated heterocycles. The highest BCUT2D eigenvalue weighted by molar-refractivity contribution is 7.98. The molecule has 0 aliphatic heterocycles. The molecule has 0 spiro atoms. The van der Waals surface area contributed by atoms with Crippen molar-refractivity contribution < 1.29 is 13.2 Å². The lowest BCUT2D eigenvalue weighted by atomic mass is 10.0. The van der Waals surface area contributed by atoms with Crippen LogP contribution in [0.3, 0.4) is 0 Å². The summed E-state index contributed by atoms with van der Waals surface area (Å²) in [5.74, 6) is 1.22. The predicted octanol–water partition coefficient (Wildman–Crippen LogP) is 8.02. The Morgan fingerprint density at radius 2 is 1.67 bits per heavy atom. The lowest BCUT2D eigenvalue weighted by Gasteiger charge is -2.17. The van der Waals surface area contributed by atoms with E-state index >= 15 is 0 Å². The van der Waals surface area contributed by atoms with E-state index in [1.54, 1.807) is 18.2 Å². The van der Waals surface area contributed by atoms with E-state index < -0.39 is 11.7 Å². The second-order valence-corrected chi connectivity index (χ2v) is 9.23. The highest BCUT2D eigenvalue weighted by Crippen LogP contribution is 2.35. The van der Waals surface area contributed by atoms with Gasteiger partial charge in [-0.1, -0.05) is 73.6 Å². The predicted molar refractivity (Wildman–Crippen MR) is 127 cm³/mol. The lowest BCUT2D eigenvalue weighted by molar-refractivity contribution is -0.137. The van der Waals surface area contributed by atoms with Crippen LogP contribution < -0.4 is 0 Å². The number of rotatable bonds is 6. The quantitative estimate of drug-likeness (QED) is 0.258. The highest BCUT2D eigenvalue weighted by Gasteiger charge is 2.30. The summed E-state index contributed by atoms with van der Waals surface area (Å²) in [6, 6.07) is 20.7. The number of thioether (sulfide) groups is 1. The fourth-order valence-corrected chi connectivity index (χ4v) is 4.55. The maximum absolute atomic E-state index is 13.1. The average Bonchev–Trinajstić information content (AvgIpc) is 3.21. The standard InChI is InChI=1S/C25H21ClF3N3S/c1-16(2)21-8-3-4-9-22(21)32-23(18-10-12-20(26)13-11-18)30-31-24(32)33-15-17-6-5-7-19(14-17)25(27,28)29/h3-14,16H,15H2,1-2H3. The fraction of sp³-hybridized carbons (Fsp3) is 0.200. The maximum atomic E-state index is 13.1. The molecule has 8 heteroatoms. The van der Waals surface area contributed by atoms with E-state index in [1.165, 1.54) is 23.9 Å². The number of nitrogens with zero attached hydrogens (tertiary/aromatic N) is 3. The molecule has 4 aromatic rings. The number of hydrogen-bond acceptors (Lipinski definition) is 3. The van der Waals surface area contributed by atoms with Crippen molar-refractivity contribution in [2.75, 3.05) is 0 Å². The third-order valence-electron chi connectivity index (χ3n) is 5.16. The van der Waals surface area contributed by atoms with Gasteiger partial charge in [-0.2, -0.15) is 13.2 Å². The molecule has 3 aromatic carbocycles. The Morgan fingerprint density at radius 1 is 0.939 bits per heavy atom. The molecule has 0 unspecified atom stereocenters. The van der Waals surface area contributed by atoms with E-state index in [1.807, 2.05) is 34.9 Å². The first-order valence-corrected chi connectivity index (χ1v) is 11.7. The molecular formula is C25H21ClF3N3S. The number of para-hydroxylation sites is 1. The van der Waals surface area contributed by atoms with Gasteiger partial charge in [0, 0.05) is 16.3 Å². The van der Waals surface area contributed by atoms with Crippen LogP contribution in [0.4, 0.5) is 13.2 Å². The van der Waals surface area contributed by atoms with Crippen LogP contribution in [0.5, 0.6) is 0 Å². The molecule has 0 radical (unpaired) electrons. The zero-order valence-corrected chi connectivity index (χ0v) is 19.5. The van der Waals surface area contributed by atoms with Crippen molar-refractivity contribution in [1.82, 2.24) is 14.8 Å². The Morgan fingerprint density at radius 3 is 2.36 bits per heavy atom. The smallest absolute Gasteiger partial charge is 0.270 e. The van der Waals surface area contributed by atoms with Crippen LogP contribution in [0.15, 0.2) is 78.0 Å². The van der Waals surface area contributed by atoms with Gasteiger partial charge in [0.05, 0.1) is 11.3 Å². The van der Waals surface area contributed by atoms with Crippen LogP contribution >= 0.6 is 23.4 Å². The SMILES string of the molecule is CC(C)c1ccccc1-n1c(SCc2cccc(C(F)(F)F)c2)nnc1-c1ccc(Cl)cc1. The van der Waals surface area contributed by atoms with Crippen LogP contribution in [0.1, 0.15) is 36.5 Å². The second kappa shape index (κ2) is 9.61. The van der Waals surface area contributed by atoms with Crippen LogP contribution in [-0.4, -0.2) is 14.8 Å². The number of halogens is 4. The molecule has 0 amide bonds. The Labute approximate surface area is 199 Å². The summed E-state index contributed by atoms with van der Waals surface area (Å²) in [5, 5.41) is 10.0. The van der Waals surface area contributed by atoms with Crippen molar-refractivity contribution in [1.29, 1.82) is 0 Å². The molecule has 1 heterocycles. The van der Waals surface area contributed by atoms with Gasteiger partial charge in [0.1, 0.15) is 0 Å². The molecule has 3 nitrogen and oxygen atoms in total. The Hall–Kier alpha value is -2.77. The molecule has 0 atom stereocenters. The zero-order chi connectivity index (χ0) is 23.6. The molecule has 0 N–H and O–H groups in total. The largest absolute Gasteiger partial charge is 0.416 e. The first-order valence-electron chi connectivity index (χ1n) is 10.3. The van der Waals surface area contributed by atoms with Crippen molar-refractivity contribution >= 4 is 23.4 Å². The molecule has 0 aliphatic carbocycles. The van der Waals surface area contributed by atoms with E-state index in [9.17, 15) is 13.2 Å². The number of alkyl halides is 3. The van der Waals surface area contributed by atoms with Gasteiger partial charge in [0.25, 0.3) is 0 Å². The summed E-state index contributed by atoms with van der Waals surface area (Å²) < 4.78 is 41.3. The first-order chi connectivity index (χ1) is 15.7. The molecule has 33 heavy (non-hydrogen) atoms. The molecule has 0 bridgehead atoms. The molecule has 0 fully saturated rings. The summed E-state index contributed by atoms with van der Waals surface area (Å²) in [6.07, 6.45) is -4.38. The summed E-state index contributed by atoms with van der Waals surface area (Å²) in [4.78, 5) is 0. The van der Waals surface area contributed by atoms with Crippen molar-refractivity contribution in [3.63, 3.8) is 0 Å². The fourth-order valence-electron chi connectivity index (χ4n) is 3.53. The summed E-state index contributed by atoms with van der Waals surface area (Å²) in [6.45, 7) is 4.22. The third kappa shape index (κ3) is 5.25. The third-order valence-corrected chi connectivity index (χ3v) is 6.41. The van der Waals surface area contributed by atoms with E-state index in [2.05, 4.69) is 30.1 Å². The first kappa shape index (κ1) is 23.4.